The van der Waals surface area contributed by atoms with Crippen LogP contribution in [0.5, 0.6) is 0 Å². The molecular weight excluding hydrogens is 346 g/mol. The molecule has 3 rings (SSSR count). The number of amides is 3. The molecule has 3 amide bonds. The van der Waals surface area contributed by atoms with Gasteiger partial charge in [-0.2, -0.15) is 5.10 Å². The van der Waals surface area contributed by atoms with E-state index in [1.807, 2.05) is 38.1 Å². The first-order chi connectivity index (χ1) is 13.0. The number of benzene rings is 1. The van der Waals surface area contributed by atoms with Crippen molar-refractivity contribution in [3.05, 3.63) is 30.0 Å². The number of likely N-dealkylation sites (tertiary alicyclic amines) is 1. The third-order valence-electron chi connectivity index (χ3n) is 4.57. The SMILES string of the molecule is CC(C)CN1CC(C(=O)NCCNC(=O)c2n[nH]c3ccccc23)CC1=O. The van der Waals surface area contributed by atoms with E-state index < -0.39 is 0 Å². The molecule has 8 heteroatoms. The normalized spacial score (nSPS) is 16.9. The molecule has 8 nitrogen and oxygen atoms in total. The molecule has 1 fully saturated rings. The highest BCUT2D eigenvalue weighted by Crippen LogP contribution is 2.19. The van der Waals surface area contributed by atoms with Crippen LogP contribution in [0, 0.1) is 11.8 Å². The van der Waals surface area contributed by atoms with E-state index in [1.54, 1.807) is 4.90 Å². The second-order valence-electron chi connectivity index (χ2n) is 7.26. The first kappa shape index (κ1) is 18.9. The predicted octanol–water partition coefficient (Wildman–Crippen LogP) is 0.913. The Bertz CT molecular complexity index is 845. The van der Waals surface area contributed by atoms with Crippen LogP contribution in [0.4, 0.5) is 0 Å². The number of fused-ring (bicyclic) bond motifs is 1. The third kappa shape index (κ3) is 4.45. The average Bonchev–Trinajstić information content (AvgIpc) is 3.22. The summed E-state index contributed by atoms with van der Waals surface area (Å²) in [6.45, 7) is 5.84. The fourth-order valence-corrected chi connectivity index (χ4v) is 3.29. The summed E-state index contributed by atoms with van der Waals surface area (Å²) in [5, 5.41) is 13.2. The molecule has 3 N–H and O–H groups in total. The Morgan fingerprint density at radius 1 is 1.26 bits per heavy atom. The van der Waals surface area contributed by atoms with Crippen molar-refractivity contribution in [3.8, 4) is 0 Å². The Hall–Kier alpha value is -2.90. The highest BCUT2D eigenvalue weighted by molar-refractivity contribution is 6.04. The minimum absolute atomic E-state index is 0.0302. The quantitative estimate of drug-likeness (QED) is 0.629. The maximum atomic E-state index is 12.3. The van der Waals surface area contributed by atoms with Crippen LogP contribution in [0.25, 0.3) is 10.9 Å². The number of para-hydroxylation sites is 1. The summed E-state index contributed by atoms with van der Waals surface area (Å²) in [6.07, 6.45) is 0.254. The van der Waals surface area contributed by atoms with E-state index in [9.17, 15) is 14.4 Å². The van der Waals surface area contributed by atoms with Crippen LogP contribution >= 0.6 is 0 Å². The van der Waals surface area contributed by atoms with Crippen molar-refractivity contribution in [2.45, 2.75) is 20.3 Å². The highest BCUT2D eigenvalue weighted by atomic mass is 16.2. The number of carbonyl (C=O) groups is 3. The number of hydrogen-bond donors (Lipinski definition) is 3. The van der Waals surface area contributed by atoms with Crippen molar-refractivity contribution in [2.75, 3.05) is 26.2 Å². The van der Waals surface area contributed by atoms with Crippen LogP contribution in [0.3, 0.4) is 0 Å². The Morgan fingerprint density at radius 3 is 2.78 bits per heavy atom. The lowest BCUT2D eigenvalue weighted by atomic mass is 10.1. The lowest BCUT2D eigenvalue weighted by molar-refractivity contribution is -0.129. The van der Waals surface area contributed by atoms with E-state index in [1.165, 1.54) is 0 Å². The summed E-state index contributed by atoms with van der Waals surface area (Å²) < 4.78 is 0. The molecule has 0 saturated carbocycles. The van der Waals surface area contributed by atoms with Crippen molar-refractivity contribution in [3.63, 3.8) is 0 Å². The summed E-state index contributed by atoms with van der Waals surface area (Å²) in [7, 11) is 0. The molecule has 1 atom stereocenters. The van der Waals surface area contributed by atoms with Crippen molar-refractivity contribution in [2.24, 2.45) is 11.8 Å². The summed E-state index contributed by atoms with van der Waals surface area (Å²) in [6, 6.07) is 7.40. The summed E-state index contributed by atoms with van der Waals surface area (Å²) in [4.78, 5) is 38.2. The number of nitrogens with zero attached hydrogens (tertiary/aromatic N) is 2. The molecule has 1 aromatic heterocycles. The molecule has 2 heterocycles. The van der Waals surface area contributed by atoms with Gasteiger partial charge in [-0.1, -0.05) is 32.0 Å². The first-order valence-electron chi connectivity index (χ1n) is 9.22. The van der Waals surface area contributed by atoms with E-state index in [2.05, 4.69) is 20.8 Å². The van der Waals surface area contributed by atoms with Crippen LogP contribution < -0.4 is 10.6 Å². The van der Waals surface area contributed by atoms with Gasteiger partial charge in [0.2, 0.25) is 11.8 Å². The number of carbonyl (C=O) groups excluding carboxylic acids is 3. The van der Waals surface area contributed by atoms with Gasteiger partial charge in [0.1, 0.15) is 0 Å². The molecule has 2 aromatic rings. The molecule has 1 aromatic carbocycles. The van der Waals surface area contributed by atoms with Crippen LogP contribution in [0.1, 0.15) is 30.8 Å². The minimum atomic E-state index is -0.317. The largest absolute Gasteiger partial charge is 0.354 e. The van der Waals surface area contributed by atoms with Gasteiger partial charge in [-0.05, 0) is 12.0 Å². The number of hydrogen-bond acceptors (Lipinski definition) is 4. The van der Waals surface area contributed by atoms with Crippen molar-refractivity contribution in [1.82, 2.24) is 25.7 Å². The topological polar surface area (TPSA) is 107 Å². The molecule has 0 bridgehead atoms. The fourth-order valence-electron chi connectivity index (χ4n) is 3.29. The molecule has 0 aliphatic carbocycles. The molecule has 144 valence electrons. The van der Waals surface area contributed by atoms with Crippen LogP contribution in [-0.2, 0) is 9.59 Å². The molecule has 0 radical (unpaired) electrons. The van der Waals surface area contributed by atoms with Crippen molar-refractivity contribution < 1.29 is 14.4 Å². The van der Waals surface area contributed by atoms with Gasteiger partial charge in [-0.3, -0.25) is 19.5 Å². The molecule has 27 heavy (non-hydrogen) atoms. The molecule has 1 unspecified atom stereocenters. The number of nitrogens with one attached hydrogen (secondary N) is 3. The molecule has 1 aliphatic rings. The third-order valence-corrected chi connectivity index (χ3v) is 4.57. The van der Waals surface area contributed by atoms with Gasteiger partial charge in [0, 0.05) is 38.0 Å². The highest BCUT2D eigenvalue weighted by Gasteiger charge is 2.34. The van der Waals surface area contributed by atoms with Gasteiger partial charge in [0.15, 0.2) is 5.69 Å². The lowest BCUT2D eigenvalue weighted by Gasteiger charge is -2.18. The van der Waals surface area contributed by atoms with Gasteiger partial charge < -0.3 is 15.5 Å². The van der Waals surface area contributed by atoms with Crippen molar-refractivity contribution >= 4 is 28.6 Å². The number of rotatable bonds is 7. The van der Waals surface area contributed by atoms with Gasteiger partial charge >= 0.3 is 0 Å². The Labute approximate surface area is 157 Å². The molecule has 1 aliphatic heterocycles. The predicted molar refractivity (Wildman–Crippen MR) is 101 cm³/mol. The molecule has 1 saturated heterocycles. The molecular formula is C19H25N5O3. The monoisotopic (exact) mass is 371 g/mol. The minimum Gasteiger partial charge on any atom is -0.354 e. The van der Waals surface area contributed by atoms with Crippen molar-refractivity contribution in [1.29, 1.82) is 0 Å². The van der Waals surface area contributed by atoms with E-state index >= 15 is 0 Å². The van der Waals surface area contributed by atoms with Gasteiger partial charge in [-0.15, -0.1) is 0 Å². The maximum Gasteiger partial charge on any atom is 0.272 e. The maximum absolute atomic E-state index is 12.3. The van der Waals surface area contributed by atoms with Gasteiger partial charge in [-0.25, -0.2) is 0 Å². The fraction of sp³-hybridized carbons (Fsp3) is 0.474. The second-order valence-corrected chi connectivity index (χ2v) is 7.26. The van der Waals surface area contributed by atoms with E-state index in [0.717, 1.165) is 10.9 Å². The Balaban J connectivity index is 1.43. The first-order valence-corrected chi connectivity index (χ1v) is 9.22. The van der Waals surface area contributed by atoms with Crippen LogP contribution in [0.15, 0.2) is 24.3 Å². The van der Waals surface area contributed by atoms with Gasteiger partial charge in [0.05, 0.1) is 11.4 Å². The zero-order valence-corrected chi connectivity index (χ0v) is 15.6. The summed E-state index contributed by atoms with van der Waals surface area (Å²) >= 11 is 0. The van der Waals surface area contributed by atoms with Gasteiger partial charge in [0.25, 0.3) is 5.91 Å². The Kier molecular flexibility index (Phi) is 5.73. The van der Waals surface area contributed by atoms with E-state index in [-0.39, 0.29) is 30.1 Å². The standard InChI is InChI=1S/C19H25N5O3/c1-12(2)10-24-11-13(9-16(24)25)18(26)20-7-8-21-19(27)17-14-5-3-4-6-15(14)22-23-17/h3-6,12-13H,7-11H2,1-2H3,(H,20,26)(H,21,27)(H,22,23). The second kappa shape index (κ2) is 8.20. The van der Waals surface area contributed by atoms with Crippen LogP contribution in [-0.4, -0.2) is 59.0 Å². The average molecular weight is 371 g/mol. The number of aromatic nitrogens is 2. The number of H-pyrrole nitrogens is 1. The van der Waals surface area contributed by atoms with Crippen LogP contribution in [0.2, 0.25) is 0 Å². The van der Waals surface area contributed by atoms with E-state index in [0.29, 0.717) is 37.8 Å². The lowest BCUT2D eigenvalue weighted by Crippen LogP contribution is -2.38. The molecule has 0 spiro atoms. The Morgan fingerprint density at radius 2 is 2.00 bits per heavy atom. The van der Waals surface area contributed by atoms with E-state index in [4.69, 9.17) is 0 Å². The smallest absolute Gasteiger partial charge is 0.272 e. The summed E-state index contributed by atoms with van der Waals surface area (Å²) in [5.74, 6) is -0.344. The number of aromatic amines is 1. The zero-order valence-electron chi connectivity index (χ0n) is 15.6. The summed E-state index contributed by atoms with van der Waals surface area (Å²) in [5.41, 5.74) is 1.13. The zero-order chi connectivity index (χ0) is 19.4.